The van der Waals surface area contributed by atoms with E-state index in [9.17, 15) is 0 Å². The van der Waals surface area contributed by atoms with E-state index in [0.29, 0.717) is 6.54 Å². The Morgan fingerprint density at radius 2 is 1.75 bits per heavy atom. The third-order valence-corrected chi connectivity index (χ3v) is 3.04. The molecule has 2 rings (SSSR count). The van der Waals surface area contributed by atoms with Crippen LogP contribution in [0.25, 0.3) is 0 Å². The summed E-state index contributed by atoms with van der Waals surface area (Å²) in [5, 5.41) is 3.36. The van der Waals surface area contributed by atoms with Crippen molar-refractivity contribution in [3.8, 4) is 11.5 Å². The van der Waals surface area contributed by atoms with Gasteiger partial charge in [-0.1, -0.05) is 6.07 Å². The van der Waals surface area contributed by atoms with Gasteiger partial charge in [0.1, 0.15) is 0 Å². The summed E-state index contributed by atoms with van der Waals surface area (Å²) < 4.78 is 10.5. The molecule has 2 aromatic carbocycles. The van der Waals surface area contributed by atoms with Gasteiger partial charge in [-0.05, 0) is 48.4 Å². The zero-order valence-electron chi connectivity index (χ0n) is 12.1. The maximum Gasteiger partial charge on any atom is 0.161 e. The number of ether oxygens (including phenoxy) is 2. The van der Waals surface area contributed by atoms with E-state index in [2.05, 4.69) is 11.4 Å². The molecule has 0 unspecified atom stereocenters. The van der Waals surface area contributed by atoms with E-state index in [4.69, 9.17) is 15.2 Å². The first-order chi connectivity index (χ1) is 9.62. The molecule has 2 aromatic rings. The fourth-order valence-corrected chi connectivity index (χ4v) is 2.11. The molecule has 0 aliphatic carbocycles. The average Bonchev–Trinajstić information content (AvgIpc) is 2.43. The average molecular weight is 272 g/mol. The Balaban J connectivity index is 2.10. The number of hydrogen-bond donors (Lipinski definition) is 2. The van der Waals surface area contributed by atoms with Crippen LogP contribution in [-0.4, -0.2) is 14.2 Å². The first-order valence-corrected chi connectivity index (χ1v) is 6.44. The number of aryl methyl sites for hydroxylation is 1. The van der Waals surface area contributed by atoms with Crippen LogP contribution in [0, 0.1) is 6.92 Å². The van der Waals surface area contributed by atoms with Gasteiger partial charge in [0, 0.05) is 17.9 Å². The van der Waals surface area contributed by atoms with Gasteiger partial charge in [-0.15, -0.1) is 0 Å². The van der Waals surface area contributed by atoms with Gasteiger partial charge in [0.25, 0.3) is 0 Å². The van der Waals surface area contributed by atoms with Crippen LogP contribution in [0.1, 0.15) is 11.1 Å². The van der Waals surface area contributed by atoms with Gasteiger partial charge >= 0.3 is 0 Å². The first-order valence-electron chi connectivity index (χ1n) is 6.44. The molecule has 4 nitrogen and oxygen atoms in total. The van der Waals surface area contributed by atoms with Crippen LogP contribution in [0.3, 0.4) is 0 Å². The lowest BCUT2D eigenvalue weighted by Crippen LogP contribution is -2.01. The molecule has 0 aliphatic heterocycles. The summed E-state index contributed by atoms with van der Waals surface area (Å²) >= 11 is 0. The number of nitrogens with two attached hydrogens (primary N) is 1. The molecule has 0 bridgehead atoms. The van der Waals surface area contributed by atoms with Gasteiger partial charge in [-0.3, -0.25) is 0 Å². The highest BCUT2D eigenvalue weighted by Crippen LogP contribution is 2.28. The summed E-state index contributed by atoms with van der Waals surface area (Å²) in [6.07, 6.45) is 0. The predicted molar refractivity (Wildman–Crippen MR) is 82.5 cm³/mol. The second-order valence-corrected chi connectivity index (χ2v) is 4.68. The normalized spacial score (nSPS) is 10.2. The number of nitrogen functional groups attached to an aromatic ring is 1. The lowest BCUT2D eigenvalue weighted by atomic mass is 10.1. The van der Waals surface area contributed by atoms with Crippen LogP contribution in [0.2, 0.25) is 0 Å². The van der Waals surface area contributed by atoms with Crippen molar-refractivity contribution in [1.82, 2.24) is 0 Å². The quantitative estimate of drug-likeness (QED) is 0.821. The lowest BCUT2D eigenvalue weighted by molar-refractivity contribution is 0.354. The zero-order valence-corrected chi connectivity index (χ0v) is 12.1. The predicted octanol–water partition coefficient (Wildman–Crippen LogP) is 3.21. The molecule has 0 aliphatic rings. The van der Waals surface area contributed by atoms with Crippen LogP contribution in [-0.2, 0) is 6.54 Å². The van der Waals surface area contributed by atoms with Crippen molar-refractivity contribution in [3.05, 3.63) is 47.5 Å². The second-order valence-electron chi connectivity index (χ2n) is 4.68. The van der Waals surface area contributed by atoms with E-state index < -0.39 is 0 Å². The van der Waals surface area contributed by atoms with Crippen LogP contribution >= 0.6 is 0 Å². The maximum atomic E-state index is 5.84. The third kappa shape index (κ3) is 3.35. The highest BCUT2D eigenvalue weighted by molar-refractivity contribution is 5.57. The molecule has 0 fully saturated rings. The van der Waals surface area contributed by atoms with E-state index in [1.54, 1.807) is 14.2 Å². The largest absolute Gasteiger partial charge is 0.493 e. The molecule has 0 saturated heterocycles. The van der Waals surface area contributed by atoms with Gasteiger partial charge in [0.2, 0.25) is 0 Å². The molecule has 0 aromatic heterocycles. The molecule has 0 spiro atoms. The topological polar surface area (TPSA) is 56.5 Å². The molecule has 0 radical (unpaired) electrons. The maximum absolute atomic E-state index is 5.84. The summed E-state index contributed by atoms with van der Waals surface area (Å²) in [6, 6.07) is 11.8. The van der Waals surface area contributed by atoms with Gasteiger partial charge < -0.3 is 20.5 Å². The number of anilines is 2. The molecule has 3 N–H and O–H groups in total. The van der Waals surface area contributed by atoms with Crippen LogP contribution in [0.4, 0.5) is 11.4 Å². The Labute approximate surface area is 119 Å². The smallest absolute Gasteiger partial charge is 0.161 e. The Bertz CT molecular complexity index is 577. The number of benzene rings is 2. The number of methoxy groups -OCH3 is 2. The summed E-state index contributed by atoms with van der Waals surface area (Å²) in [7, 11) is 3.27. The second kappa shape index (κ2) is 6.19. The SMILES string of the molecule is COc1ccc(CNc2cc(C)cc(N)c2)cc1OC. The van der Waals surface area contributed by atoms with Crippen molar-refractivity contribution in [2.75, 3.05) is 25.3 Å². The van der Waals surface area contributed by atoms with E-state index in [-0.39, 0.29) is 0 Å². The van der Waals surface area contributed by atoms with E-state index in [1.807, 2.05) is 37.3 Å². The van der Waals surface area contributed by atoms with Gasteiger partial charge in [-0.2, -0.15) is 0 Å². The Morgan fingerprint density at radius 1 is 1.00 bits per heavy atom. The Kier molecular flexibility index (Phi) is 4.35. The minimum Gasteiger partial charge on any atom is -0.493 e. The molecule has 0 atom stereocenters. The molecule has 20 heavy (non-hydrogen) atoms. The fourth-order valence-electron chi connectivity index (χ4n) is 2.11. The number of rotatable bonds is 5. The van der Waals surface area contributed by atoms with Crippen molar-refractivity contribution in [2.24, 2.45) is 0 Å². The minimum atomic E-state index is 0.698. The van der Waals surface area contributed by atoms with Gasteiger partial charge in [-0.25, -0.2) is 0 Å². The molecule has 0 amide bonds. The standard InChI is InChI=1S/C16H20N2O2/c1-11-6-13(17)9-14(7-11)18-10-12-4-5-15(19-2)16(8-12)20-3/h4-9,18H,10,17H2,1-3H3. The zero-order chi connectivity index (χ0) is 14.5. The van der Waals surface area contributed by atoms with E-state index in [1.165, 1.54) is 0 Å². The van der Waals surface area contributed by atoms with E-state index >= 15 is 0 Å². The molecule has 106 valence electrons. The van der Waals surface area contributed by atoms with Crippen LogP contribution < -0.4 is 20.5 Å². The number of nitrogens with one attached hydrogen (secondary N) is 1. The van der Waals surface area contributed by atoms with Crippen molar-refractivity contribution in [2.45, 2.75) is 13.5 Å². The minimum absolute atomic E-state index is 0.698. The Morgan fingerprint density at radius 3 is 2.40 bits per heavy atom. The lowest BCUT2D eigenvalue weighted by Gasteiger charge is -2.11. The number of hydrogen-bond acceptors (Lipinski definition) is 4. The highest BCUT2D eigenvalue weighted by Gasteiger charge is 2.04. The van der Waals surface area contributed by atoms with Gasteiger partial charge in [0.05, 0.1) is 14.2 Å². The molecular formula is C16H20N2O2. The molecular weight excluding hydrogens is 252 g/mol. The summed E-state index contributed by atoms with van der Waals surface area (Å²) in [4.78, 5) is 0. The summed E-state index contributed by atoms with van der Waals surface area (Å²) in [5.74, 6) is 1.46. The summed E-state index contributed by atoms with van der Waals surface area (Å²) in [6.45, 7) is 2.72. The molecule has 0 heterocycles. The van der Waals surface area contributed by atoms with Crippen molar-refractivity contribution in [1.29, 1.82) is 0 Å². The van der Waals surface area contributed by atoms with Crippen LogP contribution in [0.15, 0.2) is 36.4 Å². The van der Waals surface area contributed by atoms with E-state index in [0.717, 1.165) is 34.0 Å². The Hall–Kier alpha value is -2.36. The third-order valence-electron chi connectivity index (χ3n) is 3.04. The van der Waals surface area contributed by atoms with Crippen molar-refractivity contribution < 1.29 is 9.47 Å². The van der Waals surface area contributed by atoms with Crippen molar-refractivity contribution in [3.63, 3.8) is 0 Å². The highest BCUT2D eigenvalue weighted by atomic mass is 16.5. The monoisotopic (exact) mass is 272 g/mol. The van der Waals surface area contributed by atoms with Gasteiger partial charge in [0.15, 0.2) is 11.5 Å². The fraction of sp³-hybridized carbons (Fsp3) is 0.250. The molecule has 0 saturated carbocycles. The van der Waals surface area contributed by atoms with Crippen LogP contribution in [0.5, 0.6) is 11.5 Å². The first kappa shape index (κ1) is 14.1. The molecule has 4 heteroatoms. The summed E-state index contributed by atoms with van der Waals surface area (Å²) in [5.41, 5.74) is 9.86. The van der Waals surface area contributed by atoms with Crippen molar-refractivity contribution >= 4 is 11.4 Å².